The molecular formula is C15H20N2. The van der Waals surface area contributed by atoms with Crippen LogP contribution in [-0.2, 0) is 6.42 Å². The van der Waals surface area contributed by atoms with Gasteiger partial charge in [-0.15, -0.1) is 0 Å². The Labute approximate surface area is 103 Å². The molecule has 17 heavy (non-hydrogen) atoms. The molecule has 1 unspecified atom stereocenters. The number of hydrogen-bond donors (Lipinski definition) is 1. The molecule has 0 radical (unpaired) electrons. The fourth-order valence-electron chi connectivity index (χ4n) is 2.10. The van der Waals surface area contributed by atoms with E-state index in [9.17, 15) is 0 Å². The summed E-state index contributed by atoms with van der Waals surface area (Å²) in [7, 11) is 0. The van der Waals surface area contributed by atoms with Crippen LogP contribution in [0.3, 0.4) is 0 Å². The van der Waals surface area contributed by atoms with Gasteiger partial charge in [-0.3, -0.25) is 4.98 Å². The fourth-order valence-corrected chi connectivity index (χ4v) is 2.10. The number of pyridine rings is 1. The Morgan fingerprint density at radius 1 is 1.29 bits per heavy atom. The normalized spacial score (nSPS) is 14.8. The lowest BCUT2D eigenvalue weighted by Gasteiger charge is -2.23. The SMILES string of the molecule is CCC(C)(N)Cc1cc(C)nc2ccccc12. The number of aromatic nitrogens is 1. The number of fused-ring (bicyclic) bond motifs is 1. The van der Waals surface area contributed by atoms with Crippen molar-refractivity contribution >= 4 is 10.9 Å². The highest BCUT2D eigenvalue weighted by molar-refractivity contribution is 5.82. The average molecular weight is 228 g/mol. The standard InChI is InChI=1S/C15H20N2/c1-4-15(3,16)10-12-9-11(2)17-14-8-6-5-7-13(12)14/h5-9H,4,10,16H2,1-3H3. The van der Waals surface area contributed by atoms with Crippen LogP contribution < -0.4 is 5.73 Å². The number of hydrogen-bond acceptors (Lipinski definition) is 2. The number of rotatable bonds is 3. The molecule has 1 heterocycles. The van der Waals surface area contributed by atoms with Crippen molar-refractivity contribution in [2.24, 2.45) is 5.73 Å². The van der Waals surface area contributed by atoms with Crippen molar-refractivity contribution in [1.29, 1.82) is 0 Å². The Bertz CT molecular complexity index is 529. The molecule has 2 nitrogen and oxygen atoms in total. The Morgan fingerprint density at radius 3 is 2.71 bits per heavy atom. The molecule has 1 aromatic heterocycles. The number of nitrogens with zero attached hydrogens (tertiary/aromatic N) is 1. The fraction of sp³-hybridized carbons (Fsp3) is 0.400. The van der Waals surface area contributed by atoms with Gasteiger partial charge in [0.05, 0.1) is 5.52 Å². The van der Waals surface area contributed by atoms with Gasteiger partial charge in [0.25, 0.3) is 0 Å². The van der Waals surface area contributed by atoms with Crippen LogP contribution in [0.5, 0.6) is 0 Å². The first-order valence-electron chi connectivity index (χ1n) is 6.16. The maximum Gasteiger partial charge on any atom is 0.0707 e. The van der Waals surface area contributed by atoms with Crippen LogP contribution in [0.1, 0.15) is 31.5 Å². The van der Waals surface area contributed by atoms with Crippen LogP contribution in [0.4, 0.5) is 0 Å². The van der Waals surface area contributed by atoms with Crippen molar-refractivity contribution in [3.63, 3.8) is 0 Å². The Morgan fingerprint density at radius 2 is 2.00 bits per heavy atom. The summed E-state index contributed by atoms with van der Waals surface area (Å²) in [5, 5.41) is 1.23. The Hall–Kier alpha value is -1.41. The summed E-state index contributed by atoms with van der Waals surface area (Å²) < 4.78 is 0. The van der Waals surface area contributed by atoms with Crippen molar-refractivity contribution in [3.05, 3.63) is 41.6 Å². The van der Waals surface area contributed by atoms with Crippen LogP contribution in [0, 0.1) is 6.92 Å². The van der Waals surface area contributed by atoms with Crippen molar-refractivity contribution in [1.82, 2.24) is 4.98 Å². The summed E-state index contributed by atoms with van der Waals surface area (Å²) in [5.41, 5.74) is 9.56. The van der Waals surface area contributed by atoms with Crippen LogP contribution in [0.2, 0.25) is 0 Å². The second-order valence-corrected chi connectivity index (χ2v) is 5.12. The van der Waals surface area contributed by atoms with Gasteiger partial charge in [-0.1, -0.05) is 25.1 Å². The highest BCUT2D eigenvalue weighted by Crippen LogP contribution is 2.22. The van der Waals surface area contributed by atoms with Gasteiger partial charge in [0.15, 0.2) is 0 Å². The third-order valence-corrected chi connectivity index (χ3v) is 3.33. The second-order valence-electron chi connectivity index (χ2n) is 5.12. The van der Waals surface area contributed by atoms with E-state index in [2.05, 4.69) is 43.1 Å². The molecule has 0 aliphatic heterocycles. The molecule has 90 valence electrons. The molecule has 1 atom stereocenters. The van der Waals surface area contributed by atoms with E-state index in [1.165, 1.54) is 10.9 Å². The zero-order chi connectivity index (χ0) is 12.5. The van der Waals surface area contributed by atoms with E-state index in [0.29, 0.717) is 0 Å². The van der Waals surface area contributed by atoms with Gasteiger partial charge in [0.2, 0.25) is 0 Å². The maximum absolute atomic E-state index is 6.27. The highest BCUT2D eigenvalue weighted by atomic mass is 14.7. The summed E-state index contributed by atoms with van der Waals surface area (Å²) >= 11 is 0. The molecule has 0 spiro atoms. The topological polar surface area (TPSA) is 38.9 Å². The molecule has 0 saturated heterocycles. The Kier molecular flexibility index (Phi) is 3.16. The lowest BCUT2D eigenvalue weighted by molar-refractivity contribution is 0.451. The third-order valence-electron chi connectivity index (χ3n) is 3.33. The first-order valence-corrected chi connectivity index (χ1v) is 6.16. The van der Waals surface area contributed by atoms with Crippen LogP contribution >= 0.6 is 0 Å². The van der Waals surface area contributed by atoms with Crippen LogP contribution in [0.15, 0.2) is 30.3 Å². The van der Waals surface area contributed by atoms with Crippen molar-refractivity contribution < 1.29 is 0 Å². The van der Waals surface area contributed by atoms with E-state index in [1.807, 2.05) is 13.0 Å². The lowest BCUT2D eigenvalue weighted by atomic mass is 9.89. The first kappa shape index (κ1) is 12.1. The third kappa shape index (κ3) is 2.64. The zero-order valence-electron chi connectivity index (χ0n) is 10.8. The number of aryl methyl sites for hydroxylation is 1. The largest absolute Gasteiger partial charge is 0.325 e. The zero-order valence-corrected chi connectivity index (χ0v) is 10.8. The molecule has 1 aromatic carbocycles. The Balaban J connectivity index is 2.53. The van der Waals surface area contributed by atoms with E-state index in [4.69, 9.17) is 5.73 Å². The molecule has 2 rings (SSSR count). The van der Waals surface area contributed by atoms with Gasteiger partial charge in [0.1, 0.15) is 0 Å². The molecule has 2 aromatic rings. The minimum atomic E-state index is -0.142. The van der Waals surface area contributed by atoms with E-state index in [-0.39, 0.29) is 5.54 Å². The van der Waals surface area contributed by atoms with Gasteiger partial charge in [-0.25, -0.2) is 0 Å². The number of para-hydroxylation sites is 1. The second kappa shape index (κ2) is 4.46. The van der Waals surface area contributed by atoms with Gasteiger partial charge in [-0.2, -0.15) is 0 Å². The minimum absolute atomic E-state index is 0.142. The summed E-state index contributed by atoms with van der Waals surface area (Å²) in [6.07, 6.45) is 1.87. The molecule has 0 amide bonds. The molecule has 0 aliphatic rings. The average Bonchev–Trinajstić information content (AvgIpc) is 2.28. The smallest absolute Gasteiger partial charge is 0.0707 e. The van der Waals surface area contributed by atoms with E-state index < -0.39 is 0 Å². The molecule has 0 bridgehead atoms. The predicted octanol–water partition coefficient (Wildman–Crippen LogP) is 3.21. The lowest BCUT2D eigenvalue weighted by Crippen LogP contribution is -2.37. The quantitative estimate of drug-likeness (QED) is 0.876. The van der Waals surface area contributed by atoms with Crippen LogP contribution in [-0.4, -0.2) is 10.5 Å². The predicted molar refractivity (Wildman–Crippen MR) is 73.1 cm³/mol. The molecule has 0 fully saturated rings. The first-order chi connectivity index (χ1) is 8.02. The molecule has 2 N–H and O–H groups in total. The molecular weight excluding hydrogens is 208 g/mol. The van der Waals surface area contributed by atoms with Crippen molar-refractivity contribution in [2.45, 2.75) is 39.2 Å². The van der Waals surface area contributed by atoms with Gasteiger partial charge in [-0.05, 0) is 44.4 Å². The molecule has 0 saturated carbocycles. The molecule has 2 heteroatoms. The summed E-state index contributed by atoms with van der Waals surface area (Å²) in [5.74, 6) is 0. The number of benzene rings is 1. The summed E-state index contributed by atoms with van der Waals surface area (Å²) in [4.78, 5) is 4.55. The van der Waals surface area contributed by atoms with E-state index in [0.717, 1.165) is 24.1 Å². The van der Waals surface area contributed by atoms with Gasteiger partial charge < -0.3 is 5.73 Å². The maximum atomic E-state index is 6.27. The van der Waals surface area contributed by atoms with Crippen LogP contribution in [0.25, 0.3) is 10.9 Å². The van der Waals surface area contributed by atoms with Gasteiger partial charge in [0, 0.05) is 16.6 Å². The minimum Gasteiger partial charge on any atom is -0.325 e. The van der Waals surface area contributed by atoms with E-state index in [1.54, 1.807) is 0 Å². The summed E-state index contributed by atoms with van der Waals surface area (Å²) in [6.45, 7) is 6.28. The van der Waals surface area contributed by atoms with Gasteiger partial charge >= 0.3 is 0 Å². The molecule has 0 aliphatic carbocycles. The van der Waals surface area contributed by atoms with Crippen molar-refractivity contribution in [3.8, 4) is 0 Å². The highest BCUT2D eigenvalue weighted by Gasteiger charge is 2.18. The van der Waals surface area contributed by atoms with Crippen molar-refractivity contribution in [2.75, 3.05) is 0 Å². The number of nitrogens with two attached hydrogens (primary N) is 1. The summed E-state index contributed by atoms with van der Waals surface area (Å²) in [6, 6.07) is 10.4. The monoisotopic (exact) mass is 228 g/mol. The van der Waals surface area contributed by atoms with E-state index >= 15 is 0 Å².